The first-order chi connectivity index (χ1) is 70.9. The van der Waals surface area contributed by atoms with E-state index in [0.29, 0.717) is 24.9 Å². The molecule has 0 spiro atoms. The number of unbranched alkanes of at least 4 members (excludes halogenated alkanes) is 60. The Morgan fingerprint density at radius 1 is 0.301 bits per heavy atom. The van der Waals surface area contributed by atoms with E-state index in [1.54, 1.807) is 0 Å². The molecule has 8 heterocycles. The van der Waals surface area contributed by atoms with Gasteiger partial charge in [-0.3, -0.25) is 18.8 Å². The van der Waals surface area contributed by atoms with Gasteiger partial charge < -0.3 is 21.4 Å². The van der Waals surface area contributed by atoms with E-state index in [1.165, 1.54) is 517 Å². The van der Waals surface area contributed by atoms with Crippen LogP contribution in [-0.4, -0.2) is 48.3 Å². The van der Waals surface area contributed by atoms with Gasteiger partial charge in [0, 0.05) is 52.1 Å². The van der Waals surface area contributed by atoms with Crippen LogP contribution in [0, 0.1) is 17.8 Å². The number of thiophene rings is 6. The van der Waals surface area contributed by atoms with Gasteiger partial charge in [0.05, 0.1) is 40.8 Å². The van der Waals surface area contributed by atoms with Gasteiger partial charge in [-0.25, -0.2) is 0 Å². The molecule has 0 N–H and O–H groups in total. The number of carbonyl (C=O) groups excluding carboxylic acids is 3. The molecule has 0 aliphatic carbocycles. The summed E-state index contributed by atoms with van der Waals surface area (Å²) in [4.78, 5) is 63.6. The quantitative estimate of drug-likeness (QED) is 0.00948. The summed E-state index contributed by atoms with van der Waals surface area (Å²) in [5, 5.41) is 13.1. The Morgan fingerprint density at radius 2 is 0.500 bits per heavy atom. The number of halogens is 2. The second kappa shape index (κ2) is 97.1. The first-order valence-electron chi connectivity index (χ1n) is 61.9. The van der Waals surface area contributed by atoms with Crippen molar-refractivity contribution in [1.29, 1.82) is 0 Å². The SMILES string of the molecule is CCCCCCCCCCCCC(CC)CCCCCCCCCC.CCCCCCCCCCCCC(CCCCCCCCCC)CN1C(=O)C2=C(c3cc(CCCCCC)c(-c4ccc(-c5sccc5CCCCCC)s4)s3)N(CC(CCCCCCCCCC)CCCCCCCCCCCC)C(=O)C2=C1c1cc(CCCCCC)c(-c2ccc(-c3sccc3CCCCCC)s2)s1.I.O=CO[O-].[2H]CF.[H-].[K+].[K+]. The van der Waals surface area contributed by atoms with Crippen molar-refractivity contribution in [2.45, 2.75) is 596 Å². The predicted octanol–water partition coefficient (Wildman–Crippen LogP) is 39.6. The minimum atomic E-state index is -1.00. The molecule has 17 heteroatoms. The van der Waals surface area contributed by atoms with Crippen LogP contribution in [0.2, 0.25) is 0 Å². The van der Waals surface area contributed by atoms with Crippen LogP contribution < -0.4 is 108 Å². The number of alkyl halides is 1. The van der Waals surface area contributed by atoms with Gasteiger partial charge in [-0.2, -0.15) is 0 Å². The van der Waals surface area contributed by atoms with Crippen LogP contribution in [0.5, 0.6) is 0 Å². The van der Waals surface area contributed by atoms with E-state index in [2.05, 4.69) is 150 Å². The van der Waals surface area contributed by atoms with E-state index < -0.39 is 7.15 Å². The Labute approximate surface area is 1030 Å². The third-order valence-electron chi connectivity index (χ3n) is 30.9. The number of aryl methyl sites for hydroxylation is 4. The Bertz CT molecular complexity index is 3920. The molecular weight excluding hydrogens is 2070 g/mol. The molecule has 826 valence electrons. The van der Waals surface area contributed by atoms with Crippen molar-refractivity contribution < 1.29 is 134 Å². The Kier molecular flexibility index (Phi) is 93.1. The Hall–Kier alpha value is -0.0173. The number of nitrogens with zero attached hydrogens (tertiary/aromatic N) is 2. The zero-order valence-electron chi connectivity index (χ0n) is 98.7. The minimum Gasteiger partial charge on any atom is -1.00 e. The van der Waals surface area contributed by atoms with Crippen LogP contribution in [-0.2, 0) is 45.0 Å². The number of hydrogen-bond donors (Lipinski definition) is 0. The fraction of sp³-hybridized carbons (Fsp3) is 0.760. The molecule has 3 unspecified atom stereocenters. The van der Waals surface area contributed by atoms with Gasteiger partial charge in [0.15, 0.2) is 0 Å². The third-order valence-corrected chi connectivity index (χ3v) is 38.0. The van der Waals surface area contributed by atoms with Crippen LogP contribution in [0.25, 0.3) is 50.4 Å². The number of fused-ring (bicyclic) bond motifs is 1. The summed E-state index contributed by atoms with van der Waals surface area (Å²) in [5.74, 6) is 1.92. The van der Waals surface area contributed by atoms with Gasteiger partial charge in [-0.05, 0) is 176 Å². The number of rotatable bonds is 92. The normalized spacial score (nSPS) is 13.0. The summed E-state index contributed by atoms with van der Waals surface area (Å²) in [6.45, 7) is 26.8. The van der Waals surface area contributed by atoms with Crippen molar-refractivity contribution in [2.75, 3.05) is 20.2 Å². The molecular formula is C129H218FIK2N2O5S6. The second-order valence-electron chi connectivity index (χ2n) is 43.2. The van der Waals surface area contributed by atoms with Crippen molar-refractivity contribution in [2.24, 2.45) is 17.8 Å². The van der Waals surface area contributed by atoms with Crippen LogP contribution in [0.15, 0.2) is 70.4 Å². The van der Waals surface area contributed by atoms with Crippen molar-refractivity contribution >= 4 is 122 Å². The monoisotopic (exact) mass is 2290 g/mol. The van der Waals surface area contributed by atoms with Gasteiger partial charge in [0.2, 0.25) is 0 Å². The van der Waals surface area contributed by atoms with Gasteiger partial charge in [-0.15, -0.1) is 92.0 Å². The van der Waals surface area contributed by atoms with E-state index in [1.807, 2.05) is 68.0 Å². The third kappa shape index (κ3) is 59.2. The molecule has 2 aliphatic heterocycles. The number of hydrogen-bond acceptors (Lipinski definition) is 11. The first-order valence-corrected chi connectivity index (χ1v) is 66.2. The molecule has 2 aliphatic rings. The topological polar surface area (TPSA) is 90.0 Å². The van der Waals surface area contributed by atoms with Crippen molar-refractivity contribution in [3.05, 3.63) is 102 Å². The Morgan fingerprint density at radius 3 is 0.719 bits per heavy atom. The molecule has 0 aromatic carbocycles. The Balaban J connectivity index is 0.00000262. The molecule has 0 saturated heterocycles. The molecule has 146 heavy (non-hydrogen) atoms. The first kappa shape index (κ1) is 140. The summed E-state index contributed by atoms with van der Waals surface area (Å²) >= 11 is 11.6. The maximum Gasteiger partial charge on any atom is 1.00 e. The standard InChI is InChI=1S/C102H160N2O2S6.C25H52.CH3F.CH2O3.HI.2K.H/c1-9-17-25-33-37-41-43-47-51-55-63-81(61-53-49-45-39-35-27-19-11-3)79-103-95(91-77-85(67-59-31-23-15-7)99(111-91)89-71-69-87(109-89)97-83(73-75-107-97)65-57-29-21-13-5)93-94(101(103)105)96(104(102(93)106)80-82(62-54-50-46-40-36-28-20-12-4)64-56-52-48-44-42-38-34-26-18-10-2)92-78-86(68-60-32-24-16-8)100(112-92)90-72-70-88(110-90)98-84(74-76-108-98)66-58-30-22-14-6;1-4-7-9-11-13-15-16-18-20-22-24-25(6-3)23-21-19-17-14-12-10-8-5-2;1-2;2-1-4-3;;;;/h69-78,81-82H,9-68,79-80H2,1-8H3;25H,4-24H2,1-3H3;1H3;1,3H;1H;;;/q;;;;;2*+1;-1/p-1/i;;1D;;;;;. The van der Waals surface area contributed by atoms with Gasteiger partial charge in [-0.1, -0.05) is 519 Å². The average molecular weight is 2290 g/mol. The number of carbonyl (C=O) groups is 3. The maximum atomic E-state index is 17.3. The molecule has 8 rings (SSSR count). The smallest absolute Gasteiger partial charge is 1.00 e. The van der Waals surface area contributed by atoms with Gasteiger partial charge in [0.25, 0.3) is 18.3 Å². The van der Waals surface area contributed by atoms with E-state index in [-0.39, 0.29) is 146 Å². The van der Waals surface area contributed by atoms with Gasteiger partial charge >= 0.3 is 103 Å². The molecule has 7 nitrogen and oxygen atoms in total. The molecule has 0 bridgehead atoms. The zero-order chi connectivity index (χ0) is 104. The van der Waals surface area contributed by atoms with E-state index in [0.717, 1.165) is 102 Å². The summed E-state index contributed by atoms with van der Waals surface area (Å²) < 4.78 is 15.5. The van der Waals surface area contributed by atoms with E-state index in [4.69, 9.17) is 11.4 Å². The summed E-state index contributed by atoms with van der Waals surface area (Å²) in [6.07, 6.45) is 107. The molecule has 0 saturated carbocycles. The molecule has 3 atom stereocenters. The average Bonchev–Trinajstić information content (AvgIpc) is 1.54. The van der Waals surface area contributed by atoms with Crippen LogP contribution in [0.3, 0.4) is 0 Å². The molecule has 2 amide bonds. The van der Waals surface area contributed by atoms with Crippen LogP contribution >= 0.6 is 92.0 Å². The summed E-state index contributed by atoms with van der Waals surface area (Å²) in [7, 11) is -1.00. The zero-order valence-corrected chi connectivity index (χ0v) is 110. The second-order valence-corrected chi connectivity index (χ2v) is 49.3. The van der Waals surface area contributed by atoms with Crippen LogP contribution in [0.1, 0.15) is 605 Å². The largest absolute Gasteiger partial charge is 1.00 e. The molecule has 6 aromatic heterocycles. The summed E-state index contributed by atoms with van der Waals surface area (Å²) in [5.41, 5.74) is 9.13. The summed E-state index contributed by atoms with van der Waals surface area (Å²) in [6, 6.07) is 19.5. The molecule has 0 radical (unpaired) electrons. The minimum absolute atomic E-state index is 0. The predicted molar refractivity (Wildman–Crippen MR) is 653 cm³/mol. The van der Waals surface area contributed by atoms with E-state index >= 15 is 9.59 Å². The van der Waals surface area contributed by atoms with Crippen molar-refractivity contribution in [3.8, 4) is 39.0 Å². The van der Waals surface area contributed by atoms with Gasteiger partial charge in [0.1, 0.15) is 0 Å². The molecule has 6 aromatic rings. The molecule has 0 fully saturated rings. The van der Waals surface area contributed by atoms with Crippen molar-refractivity contribution in [3.63, 3.8) is 0 Å². The maximum absolute atomic E-state index is 17.3. The fourth-order valence-electron chi connectivity index (χ4n) is 22.0. The van der Waals surface area contributed by atoms with Crippen LogP contribution in [0.4, 0.5) is 4.39 Å². The number of amides is 2. The van der Waals surface area contributed by atoms with E-state index in [9.17, 15) is 4.39 Å². The van der Waals surface area contributed by atoms with Crippen molar-refractivity contribution in [1.82, 2.24) is 9.80 Å². The fourth-order valence-corrected chi connectivity index (χ4v) is 29.0.